The van der Waals surface area contributed by atoms with Crippen LogP contribution in [0, 0.1) is 17.6 Å². The summed E-state index contributed by atoms with van der Waals surface area (Å²) in [4.78, 5) is 16.7. The van der Waals surface area contributed by atoms with E-state index in [0.717, 1.165) is 31.6 Å². The number of benzene rings is 1. The van der Waals surface area contributed by atoms with Crippen LogP contribution in [0.1, 0.15) is 32.7 Å². The Labute approximate surface area is 139 Å². The highest BCUT2D eigenvalue weighted by Gasteiger charge is 2.27. The van der Waals surface area contributed by atoms with E-state index >= 15 is 0 Å². The number of fused-ring (bicyclic) bond motifs is 1. The lowest BCUT2D eigenvalue weighted by Crippen LogP contribution is -2.39. The molecular weight excluding hydrogens is 316 g/mol. The topological polar surface area (TPSA) is 56.1 Å². The quantitative estimate of drug-likeness (QED) is 0.913. The molecule has 1 aliphatic rings. The lowest BCUT2D eigenvalue weighted by Gasteiger charge is -2.23. The molecule has 1 aliphatic heterocycles. The number of hydrogen-bond acceptors (Lipinski definition) is 3. The number of rotatable bonds is 5. The largest absolute Gasteiger partial charge is 0.376 e. The van der Waals surface area contributed by atoms with Gasteiger partial charge < -0.3 is 14.6 Å². The van der Waals surface area contributed by atoms with E-state index in [2.05, 4.69) is 10.3 Å². The number of nitrogens with zero attached hydrogens (tertiary/aromatic N) is 2. The predicted molar refractivity (Wildman–Crippen MR) is 85.5 cm³/mol. The molecule has 130 valence electrons. The summed E-state index contributed by atoms with van der Waals surface area (Å²) in [6.07, 6.45) is 3.45. The molecule has 3 rings (SSSR count). The van der Waals surface area contributed by atoms with Crippen molar-refractivity contribution >= 4 is 16.9 Å². The molecule has 2 aromatic rings. The second-order valence-electron chi connectivity index (χ2n) is 6.48. The highest BCUT2D eigenvalue weighted by molar-refractivity contribution is 5.84. The number of ether oxygens (including phenoxy) is 1. The van der Waals surface area contributed by atoms with Crippen molar-refractivity contribution in [3.63, 3.8) is 0 Å². The fraction of sp³-hybridized carbons (Fsp3) is 0.529. The van der Waals surface area contributed by atoms with Crippen LogP contribution in [-0.4, -0.2) is 34.7 Å². The van der Waals surface area contributed by atoms with Gasteiger partial charge in [-0.3, -0.25) is 4.79 Å². The molecule has 24 heavy (non-hydrogen) atoms. The van der Waals surface area contributed by atoms with Crippen molar-refractivity contribution in [3.05, 3.63) is 30.1 Å². The smallest absolute Gasteiger partial charge is 0.243 e. The van der Waals surface area contributed by atoms with Gasteiger partial charge in [0.25, 0.3) is 0 Å². The molecule has 0 aliphatic carbocycles. The van der Waals surface area contributed by atoms with Crippen LogP contribution in [-0.2, 0) is 9.53 Å². The van der Waals surface area contributed by atoms with Crippen LogP contribution in [0.2, 0.25) is 0 Å². The minimum absolute atomic E-state index is 0.0417. The lowest BCUT2D eigenvalue weighted by atomic mass is 10.0. The van der Waals surface area contributed by atoms with E-state index in [-0.39, 0.29) is 17.9 Å². The van der Waals surface area contributed by atoms with Crippen LogP contribution in [0.5, 0.6) is 0 Å². The molecule has 5 nitrogen and oxygen atoms in total. The van der Waals surface area contributed by atoms with Gasteiger partial charge in [-0.2, -0.15) is 0 Å². The maximum absolute atomic E-state index is 13.6. The SMILES string of the molecule is CC(C)[C@@H](C(=O)NC[C@H]1CCCO1)n1cnc2cc(F)c(F)cc21. The van der Waals surface area contributed by atoms with E-state index in [0.29, 0.717) is 17.6 Å². The van der Waals surface area contributed by atoms with Crippen LogP contribution in [0.3, 0.4) is 0 Å². The number of hydrogen-bond donors (Lipinski definition) is 1. The van der Waals surface area contributed by atoms with Gasteiger partial charge in [-0.05, 0) is 18.8 Å². The molecule has 1 aromatic heterocycles. The number of carbonyl (C=O) groups is 1. The van der Waals surface area contributed by atoms with Gasteiger partial charge >= 0.3 is 0 Å². The molecule has 7 heteroatoms. The summed E-state index contributed by atoms with van der Waals surface area (Å²) in [6.45, 7) is 4.99. The maximum atomic E-state index is 13.6. The molecule has 0 radical (unpaired) electrons. The summed E-state index contributed by atoms with van der Waals surface area (Å²) in [5, 5.41) is 2.90. The van der Waals surface area contributed by atoms with E-state index in [1.54, 1.807) is 4.57 Å². The van der Waals surface area contributed by atoms with Crippen molar-refractivity contribution in [2.45, 2.75) is 38.8 Å². The Morgan fingerprint density at radius 2 is 2.17 bits per heavy atom. The Morgan fingerprint density at radius 3 is 2.83 bits per heavy atom. The molecule has 2 heterocycles. The van der Waals surface area contributed by atoms with Gasteiger partial charge in [0, 0.05) is 25.3 Å². The highest BCUT2D eigenvalue weighted by Crippen LogP contribution is 2.25. The van der Waals surface area contributed by atoms with Crippen LogP contribution >= 0.6 is 0 Å². The van der Waals surface area contributed by atoms with Crippen molar-refractivity contribution in [1.82, 2.24) is 14.9 Å². The zero-order valence-electron chi connectivity index (χ0n) is 13.8. The lowest BCUT2D eigenvalue weighted by molar-refractivity contribution is -0.126. The average molecular weight is 337 g/mol. The normalized spacial score (nSPS) is 19.1. The Kier molecular flexibility index (Phi) is 4.80. The molecule has 0 unspecified atom stereocenters. The van der Waals surface area contributed by atoms with Crippen molar-refractivity contribution in [1.29, 1.82) is 0 Å². The summed E-state index contributed by atoms with van der Waals surface area (Å²) in [6, 6.07) is 1.57. The summed E-state index contributed by atoms with van der Waals surface area (Å²) >= 11 is 0. The molecule has 0 spiro atoms. The van der Waals surface area contributed by atoms with E-state index in [9.17, 15) is 13.6 Å². The third-order valence-electron chi connectivity index (χ3n) is 4.34. The maximum Gasteiger partial charge on any atom is 0.243 e. The molecular formula is C17H21F2N3O2. The fourth-order valence-electron chi connectivity index (χ4n) is 3.12. The Balaban J connectivity index is 1.85. The van der Waals surface area contributed by atoms with Crippen molar-refractivity contribution in [2.75, 3.05) is 13.2 Å². The second-order valence-corrected chi connectivity index (χ2v) is 6.48. The van der Waals surface area contributed by atoms with E-state index in [1.807, 2.05) is 13.8 Å². The Hall–Kier alpha value is -2.02. The number of amides is 1. The van der Waals surface area contributed by atoms with E-state index in [1.165, 1.54) is 6.33 Å². The third kappa shape index (κ3) is 3.26. The van der Waals surface area contributed by atoms with E-state index in [4.69, 9.17) is 4.74 Å². The Morgan fingerprint density at radius 1 is 1.42 bits per heavy atom. The van der Waals surface area contributed by atoms with Crippen LogP contribution in [0.25, 0.3) is 11.0 Å². The fourth-order valence-corrected chi connectivity index (χ4v) is 3.12. The first-order valence-corrected chi connectivity index (χ1v) is 8.18. The minimum Gasteiger partial charge on any atom is -0.376 e. The van der Waals surface area contributed by atoms with Crippen molar-refractivity contribution in [3.8, 4) is 0 Å². The molecule has 2 atom stereocenters. The molecule has 1 fully saturated rings. The first-order chi connectivity index (χ1) is 11.5. The number of aromatic nitrogens is 2. The molecule has 0 bridgehead atoms. The first kappa shape index (κ1) is 16.8. The summed E-state index contributed by atoms with van der Waals surface area (Å²) in [7, 11) is 0. The second kappa shape index (κ2) is 6.84. The number of nitrogens with one attached hydrogen (secondary N) is 1. The molecule has 1 saturated heterocycles. The average Bonchev–Trinajstić information content (AvgIpc) is 3.17. The summed E-state index contributed by atoms with van der Waals surface area (Å²) in [5.41, 5.74) is 0.728. The first-order valence-electron chi connectivity index (χ1n) is 8.18. The van der Waals surface area contributed by atoms with Crippen LogP contribution < -0.4 is 5.32 Å². The summed E-state index contributed by atoms with van der Waals surface area (Å²) < 4.78 is 34.1. The molecule has 1 N–H and O–H groups in total. The number of imidazole rings is 1. The van der Waals surface area contributed by atoms with Gasteiger partial charge in [-0.1, -0.05) is 13.8 Å². The van der Waals surface area contributed by atoms with E-state index < -0.39 is 17.7 Å². The van der Waals surface area contributed by atoms with Crippen LogP contribution in [0.15, 0.2) is 18.5 Å². The molecule has 1 amide bonds. The number of carbonyl (C=O) groups excluding carboxylic acids is 1. The minimum atomic E-state index is -0.952. The van der Waals surface area contributed by atoms with Crippen LogP contribution in [0.4, 0.5) is 8.78 Å². The van der Waals surface area contributed by atoms with Gasteiger partial charge in [-0.25, -0.2) is 13.8 Å². The Bertz CT molecular complexity index is 739. The van der Waals surface area contributed by atoms with Gasteiger partial charge in [0.2, 0.25) is 5.91 Å². The summed E-state index contributed by atoms with van der Waals surface area (Å²) in [5.74, 6) is -2.12. The third-order valence-corrected chi connectivity index (χ3v) is 4.34. The van der Waals surface area contributed by atoms with Gasteiger partial charge in [0.05, 0.1) is 23.5 Å². The zero-order valence-corrected chi connectivity index (χ0v) is 13.8. The van der Waals surface area contributed by atoms with Gasteiger partial charge in [0.1, 0.15) is 6.04 Å². The van der Waals surface area contributed by atoms with Crippen molar-refractivity contribution in [2.24, 2.45) is 5.92 Å². The predicted octanol–water partition coefficient (Wildman–Crippen LogP) is 2.81. The zero-order chi connectivity index (χ0) is 17.3. The van der Waals surface area contributed by atoms with Crippen molar-refractivity contribution < 1.29 is 18.3 Å². The standard InChI is InChI=1S/C17H21F2N3O2/c1-10(2)16(17(23)20-8-11-4-3-5-24-11)22-9-21-14-6-12(18)13(19)7-15(14)22/h6-7,9-11,16H,3-5,8H2,1-2H3,(H,20,23)/t11-,16+/m1/s1. The monoisotopic (exact) mass is 337 g/mol. The molecule has 0 saturated carbocycles. The molecule has 1 aromatic carbocycles. The highest BCUT2D eigenvalue weighted by atomic mass is 19.2. The number of halogens is 2. The van der Waals surface area contributed by atoms with Gasteiger partial charge in [0.15, 0.2) is 11.6 Å². The van der Waals surface area contributed by atoms with Gasteiger partial charge in [-0.15, -0.1) is 0 Å².